The van der Waals surface area contributed by atoms with E-state index in [1.165, 1.54) is 77.0 Å². The number of hydroxylamine groups is 1. The number of unbranched alkanes of at least 4 members (excludes halogenated alkanes) is 13. The van der Waals surface area contributed by atoms with Crippen molar-refractivity contribution in [3.8, 4) is 0 Å². The van der Waals surface area contributed by atoms with E-state index in [0.717, 1.165) is 19.4 Å². The monoisotopic (exact) mass is 376 g/mol. The molecule has 0 heterocycles. The second-order valence-electron chi connectivity index (χ2n) is 6.47. The zero-order chi connectivity index (χ0) is 17.9. The third-order valence-corrected chi connectivity index (χ3v) is 4.53. The maximum atomic E-state index is 10.8. The van der Waals surface area contributed by atoms with Crippen molar-refractivity contribution >= 4 is 35.1 Å². The summed E-state index contributed by atoms with van der Waals surface area (Å²) >= 11 is 8.88. The molecule has 0 aromatic carbocycles. The second-order valence-corrected chi connectivity index (χ2v) is 7.62. The van der Waals surface area contributed by atoms with Crippen LogP contribution in [0.3, 0.4) is 0 Å². The molecule has 0 radical (unpaired) electrons. The number of hydrogen-bond donors (Lipinski definition) is 4. The summed E-state index contributed by atoms with van der Waals surface area (Å²) in [5.41, 5.74) is 1.67. The molecular formula is C18H36N2O2S2. The van der Waals surface area contributed by atoms with Gasteiger partial charge in [-0.05, 0) is 12.8 Å². The number of nitrogens with one attached hydrogen (secondary N) is 2. The Morgan fingerprint density at radius 1 is 0.750 bits per heavy atom. The van der Waals surface area contributed by atoms with E-state index >= 15 is 0 Å². The molecule has 6 heteroatoms. The Morgan fingerprint density at radius 3 is 1.50 bits per heavy atom. The Kier molecular flexibility index (Phi) is 18.7. The summed E-state index contributed by atoms with van der Waals surface area (Å²) in [7, 11) is 0. The maximum absolute atomic E-state index is 10.8. The molecule has 0 unspecified atom stereocenters. The molecule has 0 aromatic rings. The van der Waals surface area contributed by atoms with Gasteiger partial charge in [-0.15, -0.1) is 12.6 Å². The molecule has 0 aromatic heterocycles. The average molecular weight is 377 g/mol. The largest absolute Gasteiger partial charge is 0.371 e. The van der Waals surface area contributed by atoms with Gasteiger partial charge in [0, 0.05) is 13.0 Å². The first-order chi connectivity index (χ1) is 11.7. The number of amides is 1. The highest BCUT2D eigenvalue weighted by molar-refractivity contribution is 8.11. The van der Waals surface area contributed by atoms with Gasteiger partial charge >= 0.3 is 0 Å². The summed E-state index contributed by atoms with van der Waals surface area (Å²) in [6.45, 7) is 0.955. The zero-order valence-corrected chi connectivity index (χ0v) is 16.7. The fourth-order valence-corrected chi connectivity index (χ4v) is 3.00. The Balaban J connectivity index is 3.03. The molecule has 0 saturated heterocycles. The Bertz CT molecular complexity index is 315. The van der Waals surface area contributed by atoms with Crippen molar-refractivity contribution in [3.63, 3.8) is 0 Å². The number of thiol groups is 1. The molecule has 3 N–H and O–H groups in total. The van der Waals surface area contributed by atoms with Crippen LogP contribution in [0.2, 0.25) is 0 Å². The highest BCUT2D eigenvalue weighted by Gasteiger charge is 1.98. The van der Waals surface area contributed by atoms with Crippen LogP contribution in [0.5, 0.6) is 0 Å². The Morgan fingerprint density at radius 2 is 1.12 bits per heavy atom. The van der Waals surface area contributed by atoms with Crippen LogP contribution < -0.4 is 10.8 Å². The van der Waals surface area contributed by atoms with Gasteiger partial charge < -0.3 is 5.32 Å². The van der Waals surface area contributed by atoms with Crippen LogP contribution in [0, 0.1) is 0 Å². The minimum Gasteiger partial charge on any atom is -0.371 e. The van der Waals surface area contributed by atoms with Crippen LogP contribution in [0.1, 0.15) is 96.3 Å². The summed E-state index contributed by atoms with van der Waals surface area (Å²) in [5, 5.41) is 11.4. The van der Waals surface area contributed by atoms with Crippen molar-refractivity contribution in [1.29, 1.82) is 0 Å². The third-order valence-electron chi connectivity index (χ3n) is 4.23. The first kappa shape index (κ1) is 23.7. The number of hydrogen-bond acceptors (Lipinski definition) is 3. The normalized spacial score (nSPS) is 10.6. The minimum absolute atomic E-state index is 0.270. The smallest absolute Gasteiger partial charge is 0.243 e. The van der Waals surface area contributed by atoms with E-state index in [4.69, 9.17) is 17.4 Å². The predicted octanol–water partition coefficient (Wildman–Crippen LogP) is 5.15. The molecule has 0 rings (SSSR count). The molecule has 24 heavy (non-hydrogen) atoms. The van der Waals surface area contributed by atoms with Crippen molar-refractivity contribution in [2.45, 2.75) is 96.3 Å². The molecular weight excluding hydrogens is 340 g/mol. The van der Waals surface area contributed by atoms with Crippen molar-refractivity contribution in [3.05, 3.63) is 0 Å². The predicted molar refractivity (Wildman–Crippen MR) is 109 cm³/mol. The Hall–Kier alpha value is -0.330. The summed E-state index contributed by atoms with van der Waals surface area (Å²) < 4.78 is 0.601. The lowest BCUT2D eigenvalue weighted by Gasteiger charge is -2.04. The summed E-state index contributed by atoms with van der Waals surface area (Å²) in [6.07, 6.45) is 18.1. The quantitative estimate of drug-likeness (QED) is 0.0932. The lowest BCUT2D eigenvalue weighted by molar-refractivity contribution is -0.129. The van der Waals surface area contributed by atoms with Crippen LogP contribution in [0.15, 0.2) is 0 Å². The van der Waals surface area contributed by atoms with Crippen LogP contribution >= 0.6 is 24.8 Å². The van der Waals surface area contributed by atoms with Crippen molar-refractivity contribution in [2.24, 2.45) is 0 Å². The van der Waals surface area contributed by atoms with E-state index < -0.39 is 0 Å². The van der Waals surface area contributed by atoms with Gasteiger partial charge in [-0.25, -0.2) is 5.48 Å². The molecule has 142 valence electrons. The SMILES string of the molecule is O=C(CCCCCCCCCCCCCCCCNC(=S)S)NO. The van der Waals surface area contributed by atoms with Crippen LogP contribution in [0.25, 0.3) is 0 Å². The van der Waals surface area contributed by atoms with Gasteiger partial charge in [-0.1, -0.05) is 89.3 Å². The number of thiocarbonyl (C=S) groups is 1. The van der Waals surface area contributed by atoms with E-state index in [1.54, 1.807) is 5.48 Å². The van der Waals surface area contributed by atoms with Crippen molar-refractivity contribution in [2.75, 3.05) is 6.54 Å². The summed E-state index contributed by atoms with van der Waals surface area (Å²) in [5.74, 6) is -0.270. The fourth-order valence-electron chi connectivity index (χ4n) is 2.78. The van der Waals surface area contributed by atoms with E-state index in [9.17, 15) is 4.79 Å². The molecule has 4 nitrogen and oxygen atoms in total. The molecule has 0 aliphatic heterocycles. The van der Waals surface area contributed by atoms with Crippen LogP contribution in [0.4, 0.5) is 0 Å². The lowest BCUT2D eigenvalue weighted by atomic mass is 10.0. The van der Waals surface area contributed by atoms with Crippen LogP contribution in [-0.4, -0.2) is 22.0 Å². The van der Waals surface area contributed by atoms with Gasteiger partial charge in [0.15, 0.2) is 0 Å². The summed E-state index contributed by atoms with van der Waals surface area (Å²) in [6, 6.07) is 0. The highest BCUT2D eigenvalue weighted by atomic mass is 32.1. The standard InChI is InChI=1S/C18H36N2O2S2/c21-17(20-22)15-13-11-9-7-5-3-1-2-4-6-8-10-12-14-16-19-18(23)24/h22H,1-16H2,(H,20,21)(H2,19,23,24). The first-order valence-electron chi connectivity index (χ1n) is 9.56. The van der Waals surface area contributed by atoms with Gasteiger partial charge in [0.25, 0.3) is 0 Å². The topological polar surface area (TPSA) is 61.4 Å². The second kappa shape index (κ2) is 19.0. The van der Waals surface area contributed by atoms with Gasteiger partial charge in [0.2, 0.25) is 5.91 Å². The molecule has 0 atom stereocenters. The molecule has 0 spiro atoms. The third kappa shape index (κ3) is 19.7. The van der Waals surface area contributed by atoms with Crippen molar-refractivity contribution in [1.82, 2.24) is 10.8 Å². The first-order valence-corrected chi connectivity index (χ1v) is 10.4. The molecule has 0 bridgehead atoms. The highest BCUT2D eigenvalue weighted by Crippen LogP contribution is 2.13. The maximum Gasteiger partial charge on any atom is 0.243 e. The lowest BCUT2D eigenvalue weighted by Crippen LogP contribution is -2.17. The average Bonchev–Trinajstić information content (AvgIpc) is 2.57. The molecule has 0 aliphatic rings. The van der Waals surface area contributed by atoms with Crippen LogP contribution in [-0.2, 0) is 4.79 Å². The molecule has 0 fully saturated rings. The molecule has 0 aliphatic carbocycles. The van der Waals surface area contributed by atoms with Gasteiger partial charge in [-0.3, -0.25) is 10.0 Å². The van der Waals surface area contributed by atoms with Gasteiger partial charge in [0.1, 0.15) is 4.32 Å². The van der Waals surface area contributed by atoms with E-state index in [0.29, 0.717) is 10.7 Å². The van der Waals surface area contributed by atoms with E-state index in [1.807, 2.05) is 0 Å². The molecule has 0 saturated carbocycles. The fraction of sp³-hybridized carbons (Fsp3) is 0.889. The minimum atomic E-state index is -0.270. The van der Waals surface area contributed by atoms with Gasteiger partial charge in [0.05, 0.1) is 0 Å². The number of carbonyl (C=O) groups excluding carboxylic acids is 1. The van der Waals surface area contributed by atoms with E-state index in [-0.39, 0.29) is 5.91 Å². The van der Waals surface area contributed by atoms with E-state index in [2.05, 4.69) is 17.9 Å². The molecule has 1 amide bonds. The zero-order valence-electron chi connectivity index (χ0n) is 15.0. The van der Waals surface area contributed by atoms with Gasteiger partial charge in [-0.2, -0.15) is 0 Å². The number of carbonyl (C=O) groups is 1. The number of rotatable bonds is 17. The summed E-state index contributed by atoms with van der Waals surface area (Å²) in [4.78, 5) is 10.8. The van der Waals surface area contributed by atoms with Crippen molar-refractivity contribution < 1.29 is 10.0 Å². The Labute approximate surface area is 158 Å².